The van der Waals surface area contributed by atoms with Gasteiger partial charge in [-0.3, -0.25) is 9.69 Å². The first kappa shape index (κ1) is 19.1. The van der Waals surface area contributed by atoms with Crippen LogP contribution in [-0.2, 0) is 11.3 Å². The zero-order valence-corrected chi connectivity index (χ0v) is 15.7. The van der Waals surface area contributed by atoms with Gasteiger partial charge in [0, 0.05) is 18.7 Å². The molecule has 0 radical (unpaired) electrons. The van der Waals surface area contributed by atoms with E-state index in [1.165, 1.54) is 12.7 Å². The summed E-state index contributed by atoms with van der Waals surface area (Å²) in [6, 6.07) is 16.9. The average molecular weight is 366 g/mol. The van der Waals surface area contributed by atoms with E-state index in [-0.39, 0.29) is 11.9 Å². The van der Waals surface area contributed by atoms with Gasteiger partial charge in [-0.2, -0.15) is 0 Å². The maximum Gasteiger partial charge on any atom is 0.337 e. The Hall–Kier alpha value is -2.66. The minimum absolute atomic E-state index is 0.00345. The van der Waals surface area contributed by atoms with E-state index < -0.39 is 0 Å². The van der Waals surface area contributed by atoms with E-state index in [4.69, 9.17) is 4.74 Å². The Labute approximate surface area is 160 Å². The van der Waals surface area contributed by atoms with Crippen LogP contribution >= 0.6 is 0 Å². The smallest absolute Gasteiger partial charge is 0.337 e. The van der Waals surface area contributed by atoms with Crippen LogP contribution in [0.25, 0.3) is 0 Å². The topological polar surface area (TPSA) is 58.6 Å². The van der Waals surface area contributed by atoms with E-state index in [2.05, 4.69) is 10.2 Å². The molecule has 1 N–H and O–H groups in total. The number of carbonyl (C=O) groups is 2. The van der Waals surface area contributed by atoms with E-state index in [0.717, 1.165) is 39.0 Å². The zero-order chi connectivity index (χ0) is 19.1. The predicted molar refractivity (Wildman–Crippen MR) is 105 cm³/mol. The molecule has 1 aliphatic heterocycles. The molecule has 142 valence electrons. The number of nitrogens with zero attached hydrogens (tertiary/aromatic N) is 1. The molecule has 5 nitrogen and oxygen atoms in total. The Morgan fingerprint density at radius 3 is 2.30 bits per heavy atom. The van der Waals surface area contributed by atoms with Crippen LogP contribution in [0.3, 0.4) is 0 Å². The van der Waals surface area contributed by atoms with Crippen molar-refractivity contribution in [2.45, 2.75) is 19.4 Å². The summed E-state index contributed by atoms with van der Waals surface area (Å²) in [5.74, 6) is 0.222. The highest BCUT2D eigenvalue weighted by molar-refractivity contribution is 5.94. The van der Waals surface area contributed by atoms with Crippen molar-refractivity contribution in [1.82, 2.24) is 10.2 Å². The number of ether oxygens (including phenoxy) is 1. The molecule has 1 amide bonds. The minimum atomic E-state index is -0.306. The van der Waals surface area contributed by atoms with Crippen LogP contribution in [-0.4, -0.2) is 43.5 Å². The first-order valence-electron chi connectivity index (χ1n) is 9.38. The van der Waals surface area contributed by atoms with Gasteiger partial charge in [-0.25, -0.2) is 4.79 Å². The van der Waals surface area contributed by atoms with Crippen molar-refractivity contribution in [3.63, 3.8) is 0 Å². The predicted octanol–water partition coefficient (Wildman–Crippen LogP) is 3.12. The molecule has 0 aromatic heterocycles. The van der Waals surface area contributed by atoms with Gasteiger partial charge in [-0.15, -0.1) is 0 Å². The van der Waals surface area contributed by atoms with Crippen molar-refractivity contribution >= 4 is 11.9 Å². The largest absolute Gasteiger partial charge is 0.465 e. The van der Waals surface area contributed by atoms with Crippen LogP contribution in [0, 0.1) is 5.92 Å². The molecule has 0 unspecified atom stereocenters. The fourth-order valence-corrected chi connectivity index (χ4v) is 3.40. The van der Waals surface area contributed by atoms with Gasteiger partial charge in [0.05, 0.1) is 12.7 Å². The number of hydrogen-bond acceptors (Lipinski definition) is 4. The van der Waals surface area contributed by atoms with Crippen molar-refractivity contribution in [1.29, 1.82) is 0 Å². The number of methoxy groups -OCH3 is 1. The SMILES string of the molecule is COC(=O)c1ccc(CN2CCC(CNC(=O)c3ccccc3)CC2)cc1. The van der Waals surface area contributed by atoms with Gasteiger partial charge in [-0.05, 0) is 61.7 Å². The van der Waals surface area contributed by atoms with Crippen molar-refractivity contribution in [2.75, 3.05) is 26.7 Å². The van der Waals surface area contributed by atoms with Crippen LogP contribution in [0.2, 0.25) is 0 Å². The summed E-state index contributed by atoms with van der Waals surface area (Å²) in [6.45, 7) is 3.65. The zero-order valence-electron chi connectivity index (χ0n) is 15.7. The second-order valence-corrected chi connectivity index (χ2v) is 6.98. The van der Waals surface area contributed by atoms with Gasteiger partial charge in [0.25, 0.3) is 5.91 Å². The number of rotatable bonds is 6. The number of piperidine rings is 1. The minimum Gasteiger partial charge on any atom is -0.465 e. The van der Waals surface area contributed by atoms with Crippen molar-refractivity contribution in [2.24, 2.45) is 5.92 Å². The lowest BCUT2D eigenvalue weighted by atomic mass is 9.96. The van der Waals surface area contributed by atoms with Gasteiger partial charge in [0.2, 0.25) is 0 Å². The van der Waals surface area contributed by atoms with Crippen LogP contribution in [0.1, 0.15) is 39.1 Å². The molecule has 1 fully saturated rings. The lowest BCUT2D eigenvalue weighted by Gasteiger charge is -2.32. The summed E-state index contributed by atoms with van der Waals surface area (Å²) >= 11 is 0. The molecule has 1 aliphatic rings. The molecule has 1 saturated heterocycles. The number of nitrogens with one attached hydrogen (secondary N) is 1. The molecule has 0 atom stereocenters. The molecule has 0 spiro atoms. The van der Waals surface area contributed by atoms with Crippen LogP contribution < -0.4 is 5.32 Å². The highest BCUT2D eigenvalue weighted by Crippen LogP contribution is 2.19. The van der Waals surface area contributed by atoms with Gasteiger partial charge >= 0.3 is 5.97 Å². The molecule has 2 aromatic rings. The van der Waals surface area contributed by atoms with E-state index in [0.29, 0.717) is 17.0 Å². The molecular weight excluding hydrogens is 340 g/mol. The van der Waals surface area contributed by atoms with Crippen molar-refractivity contribution < 1.29 is 14.3 Å². The third-order valence-electron chi connectivity index (χ3n) is 5.08. The first-order valence-corrected chi connectivity index (χ1v) is 9.38. The summed E-state index contributed by atoms with van der Waals surface area (Å²) in [7, 11) is 1.39. The molecule has 5 heteroatoms. The van der Waals surface area contributed by atoms with Gasteiger partial charge < -0.3 is 10.1 Å². The second kappa shape index (κ2) is 9.33. The molecule has 0 bridgehead atoms. The van der Waals surface area contributed by atoms with E-state index in [1.54, 1.807) is 0 Å². The highest BCUT2D eigenvalue weighted by atomic mass is 16.5. The Kier molecular flexibility index (Phi) is 6.60. The summed E-state index contributed by atoms with van der Waals surface area (Å²) in [4.78, 5) is 26.0. The lowest BCUT2D eigenvalue weighted by Crippen LogP contribution is -2.38. The Morgan fingerprint density at radius 2 is 1.67 bits per heavy atom. The Balaban J connectivity index is 1.41. The first-order chi connectivity index (χ1) is 13.2. The number of benzene rings is 2. The van der Waals surface area contributed by atoms with Gasteiger partial charge in [0.15, 0.2) is 0 Å². The van der Waals surface area contributed by atoms with E-state index >= 15 is 0 Å². The normalized spacial score (nSPS) is 15.3. The summed E-state index contributed by atoms with van der Waals surface area (Å²) in [5.41, 5.74) is 2.48. The molecule has 0 saturated carbocycles. The summed E-state index contributed by atoms with van der Waals surface area (Å²) in [6.07, 6.45) is 2.16. The fraction of sp³-hybridized carbons (Fsp3) is 0.364. The standard InChI is InChI=1S/C22H26N2O3/c1-27-22(26)20-9-7-18(8-10-20)16-24-13-11-17(12-14-24)15-23-21(25)19-5-3-2-4-6-19/h2-10,17H,11-16H2,1H3,(H,23,25). The summed E-state index contributed by atoms with van der Waals surface area (Å²) in [5, 5.41) is 3.05. The number of esters is 1. The number of likely N-dealkylation sites (tertiary alicyclic amines) is 1. The maximum atomic E-state index is 12.1. The maximum absolute atomic E-state index is 12.1. The average Bonchev–Trinajstić information content (AvgIpc) is 2.73. The lowest BCUT2D eigenvalue weighted by molar-refractivity contribution is 0.0600. The number of carbonyl (C=O) groups excluding carboxylic acids is 2. The molecule has 1 heterocycles. The monoisotopic (exact) mass is 366 g/mol. The Morgan fingerprint density at radius 1 is 1.00 bits per heavy atom. The molecular formula is C22H26N2O3. The van der Waals surface area contributed by atoms with Crippen molar-refractivity contribution in [3.8, 4) is 0 Å². The van der Waals surface area contributed by atoms with E-state index in [9.17, 15) is 9.59 Å². The number of amides is 1. The second-order valence-electron chi connectivity index (χ2n) is 6.98. The molecule has 0 aliphatic carbocycles. The van der Waals surface area contributed by atoms with Gasteiger partial charge in [0.1, 0.15) is 0 Å². The molecule has 2 aromatic carbocycles. The third kappa shape index (κ3) is 5.41. The highest BCUT2D eigenvalue weighted by Gasteiger charge is 2.20. The summed E-state index contributed by atoms with van der Waals surface area (Å²) < 4.78 is 4.73. The van der Waals surface area contributed by atoms with Crippen LogP contribution in [0.5, 0.6) is 0 Å². The van der Waals surface area contributed by atoms with Crippen molar-refractivity contribution in [3.05, 3.63) is 71.3 Å². The fourth-order valence-electron chi connectivity index (χ4n) is 3.40. The quantitative estimate of drug-likeness (QED) is 0.798. The van der Waals surface area contributed by atoms with Crippen LogP contribution in [0.4, 0.5) is 0 Å². The number of hydrogen-bond donors (Lipinski definition) is 1. The van der Waals surface area contributed by atoms with Crippen LogP contribution in [0.15, 0.2) is 54.6 Å². The molecule has 27 heavy (non-hydrogen) atoms. The third-order valence-corrected chi connectivity index (χ3v) is 5.08. The van der Waals surface area contributed by atoms with E-state index in [1.807, 2.05) is 54.6 Å². The van der Waals surface area contributed by atoms with Gasteiger partial charge in [-0.1, -0.05) is 30.3 Å². The molecule has 3 rings (SSSR count). The Bertz CT molecular complexity index is 751.